The van der Waals surface area contributed by atoms with Gasteiger partial charge in [0.2, 0.25) is 0 Å². The van der Waals surface area contributed by atoms with Crippen LogP contribution in [0.15, 0.2) is 54.7 Å². The summed E-state index contributed by atoms with van der Waals surface area (Å²) in [6.07, 6.45) is 3.80. The third kappa shape index (κ3) is 4.22. The van der Waals surface area contributed by atoms with Crippen LogP contribution in [0.5, 0.6) is 0 Å². The van der Waals surface area contributed by atoms with Crippen molar-refractivity contribution in [2.24, 2.45) is 0 Å². The highest BCUT2D eigenvalue weighted by Gasteiger charge is 2.25. The summed E-state index contributed by atoms with van der Waals surface area (Å²) in [6.45, 7) is 3.32. The second kappa shape index (κ2) is 8.17. The number of likely N-dealkylation sites (N-methyl/N-ethyl adjacent to an activating group) is 1. The molecule has 0 radical (unpaired) electrons. The van der Waals surface area contributed by atoms with Crippen LogP contribution >= 0.6 is 0 Å². The zero-order chi connectivity index (χ0) is 20.4. The van der Waals surface area contributed by atoms with Crippen molar-refractivity contribution in [2.75, 3.05) is 20.2 Å². The Hall–Kier alpha value is -2.99. The zero-order valence-electron chi connectivity index (χ0n) is 16.6. The molecule has 0 saturated carbocycles. The van der Waals surface area contributed by atoms with Gasteiger partial charge in [-0.05, 0) is 44.0 Å². The zero-order valence-corrected chi connectivity index (χ0v) is 16.6. The lowest BCUT2D eigenvalue weighted by molar-refractivity contribution is 0.0587. The molecule has 1 unspecified atom stereocenters. The largest absolute Gasteiger partial charge is 0.376 e. The molecule has 150 valence electrons. The predicted molar refractivity (Wildman–Crippen MR) is 110 cm³/mol. The Balaban J connectivity index is 1.70. The minimum absolute atomic E-state index is 0.0823. The second-order valence-electron chi connectivity index (χ2n) is 7.50. The number of carbonyl (C=O) groups is 1. The van der Waals surface area contributed by atoms with E-state index in [1.165, 1.54) is 12.1 Å². The number of aryl methyl sites for hydroxylation is 1. The van der Waals surface area contributed by atoms with Crippen LogP contribution in [0.3, 0.4) is 0 Å². The fourth-order valence-electron chi connectivity index (χ4n) is 3.56. The van der Waals surface area contributed by atoms with Crippen LogP contribution in [0.1, 0.15) is 28.8 Å². The normalized spacial score (nSPS) is 16.2. The average Bonchev–Trinajstić information content (AvgIpc) is 3.38. The van der Waals surface area contributed by atoms with Gasteiger partial charge in [-0.3, -0.25) is 4.79 Å². The van der Waals surface area contributed by atoms with Crippen LogP contribution in [0.4, 0.5) is 4.39 Å². The van der Waals surface area contributed by atoms with Crippen LogP contribution in [-0.4, -0.2) is 46.9 Å². The van der Waals surface area contributed by atoms with Crippen molar-refractivity contribution in [1.29, 1.82) is 0 Å². The summed E-state index contributed by atoms with van der Waals surface area (Å²) < 4.78 is 20.6. The molecule has 1 fully saturated rings. The molecule has 6 heteroatoms. The third-order valence-corrected chi connectivity index (χ3v) is 5.21. The fraction of sp³-hybridized carbons (Fsp3) is 0.304. The SMILES string of the molecule is Cc1ccc(-c2nn(-c3ccc(F)cc3)cc2C(=O)N(C)CC2CCCO2)cc1. The molecular weight excluding hydrogens is 369 g/mol. The van der Waals surface area contributed by atoms with E-state index in [0.29, 0.717) is 23.5 Å². The average molecular weight is 393 g/mol. The first-order valence-corrected chi connectivity index (χ1v) is 9.81. The molecule has 0 N–H and O–H groups in total. The Kier molecular flexibility index (Phi) is 5.45. The summed E-state index contributed by atoms with van der Waals surface area (Å²) in [5.41, 5.74) is 3.82. The number of hydrogen-bond donors (Lipinski definition) is 0. The number of amides is 1. The number of nitrogens with zero attached hydrogens (tertiary/aromatic N) is 3. The summed E-state index contributed by atoms with van der Waals surface area (Å²) in [7, 11) is 1.79. The maximum Gasteiger partial charge on any atom is 0.257 e. The number of ether oxygens (including phenoxy) is 1. The van der Waals surface area contributed by atoms with Gasteiger partial charge in [0, 0.05) is 32.0 Å². The predicted octanol–water partition coefficient (Wildman–Crippen LogP) is 4.24. The Morgan fingerprint density at radius 2 is 1.93 bits per heavy atom. The van der Waals surface area contributed by atoms with Crippen molar-refractivity contribution >= 4 is 5.91 Å². The van der Waals surface area contributed by atoms with Gasteiger partial charge in [0.15, 0.2) is 0 Å². The van der Waals surface area contributed by atoms with E-state index in [4.69, 9.17) is 4.74 Å². The van der Waals surface area contributed by atoms with Crippen molar-refractivity contribution < 1.29 is 13.9 Å². The van der Waals surface area contributed by atoms with Crippen LogP contribution in [-0.2, 0) is 4.74 Å². The number of hydrogen-bond acceptors (Lipinski definition) is 3. The standard InChI is InChI=1S/C23H24FN3O2/c1-16-5-7-17(8-6-16)22-21(23(28)26(2)14-20-4-3-13-29-20)15-27(25-22)19-11-9-18(24)10-12-19/h5-12,15,20H,3-4,13-14H2,1-2H3. The summed E-state index contributed by atoms with van der Waals surface area (Å²) in [5.74, 6) is -0.420. The maximum absolute atomic E-state index is 13.3. The minimum atomic E-state index is -0.313. The fourth-order valence-corrected chi connectivity index (χ4v) is 3.56. The van der Waals surface area contributed by atoms with Crippen molar-refractivity contribution in [3.05, 3.63) is 71.7 Å². The molecule has 1 aliphatic rings. The molecule has 4 rings (SSSR count). The Bertz CT molecular complexity index is 990. The van der Waals surface area contributed by atoms with E-state index in [-0.39, 0.29) is 17.8 Å². The molecule has 29 heavy (non-hydrogen) atoms. The number of benzene rings is 2. The van der Waals surface area contributed by atoms with Gasteiger partial charge >= 0.3 is 0 Å². The number of rotatable bonds is 5. The molecule has 1 amide bonds. The summed E-state index contributed by atoms with van der Waals surface area (Å²) in [5, 5.41) is 4.66. The van der Waals surface area contributed by atoms with Crippen molar-refractivity contribution in [3.63, 3.8) is 0 Å². The molecule has 2 aromatic carbocycles. The summed E-state index contributed by atoms with van der Waals surface area (Å²) >= 11 is 0. The van der Waals surface area contributed by atoms with Crippen molar-refractivity contribution in [3.8, 4) is 16.9 Å². The van der Waals surface area contributed by atoms with Crippen LogP contribution in [0.2, 0.25) is 0 Å². The molecule has 1 atom stereocenters. The first-order chi connectivity index (χ1) is 14.0. The topological polar surface area (TPSA) is 47.4 Å². The van der Waals surface area contributed by atoms with Crippen LogP contribution in [0.25, 0.3) is 16.9 Å². The van der Waals surface area contributed by atoms with E-state index < -0.39 is 0 Å². The number of halogens is 1. The summed E-state index contributed by atoms with van der Waals surface area (Å²) in [6, 6.07) is 14.0. The molecule has 2 heterocycles. The Morgan fingerprint density at radius 1 is 1.21 bits per heavy atom. The smallest absolute Gasteiger partial charge is 0.257 e. The molecule has 1 saturated heterocycles. The van der Waals surface area contributed by atoms with Crippen LogP contribution in [0, 0.1) is 12.7 Å². The van der Waals surface area contributed by atoms with E-state index in [1.807, 2.05) is 31.2 Å². The van der Waals surface area contributed by atoms with E-state index in [1.54, 1.807) is 35.0 Å². The van der Waals surface area contributed by atoms with Gasteiger partial charge in [-0.25, -0.2) is 9.07 Å². The molecular formula is C23H24FN3O2. The third-order valence-electron chi connectivity index (χ3n) is 5.21. The summed E-state index contributed by atoms with van der Waals surface area (Å²) in [4.78, 5) is 14.9. The maximum atomic E-state index is 13.3. The first-order valence-electron chi connectivity index (χ1n) is 9.81. The highest BCUT2D eigenvalue weighted by molar-refractivity contribution is 5.99. The lowest BCUT2D eigenvalue weighted by Crippen LogP contribution is -2.34. The van der Waals surface area contributed by atoms with Crippen LogP contribution < -0.4 is 0 Å². The van der Waals surface area contributed by atoms with Gasteiger partial charge in [-0.2, -0.15) is 5.10 Å². The molecule has 5 nitrogen and oxygen atoms in total. The number of aromatic nitrogens is 2. The van der Waals surface area contributed by atoms with Gasteiger partial charge in [0.05, 0.1) is 17.4 Å². The molecule has 0 spiro atoms. The van der Waals surface area contributed by atoms with Crippen molar-refractivity contribution in [2.45, 2.75) is 25.9 Å². The van der Waals surface area contributed by atoms with E-state index in [2.05, 4.69) is 5.10 Å². The first kappa shape index (κ1) is 19.3. The molecule has 1 aliphatic heterocycles. The van der Waals surface area contributed by atoms with Crippen molar-refractivity contribution in [1.82, 2.24) is 14.7 Å². The number of carbonyl (C=O) groups excluding carboxylic acids is 1. The van der Waals surface area contributed by atoms with Gasteiger partial charge in [-0.1, -0.05) is 29.8 Å². The second-order valence-corrected chi connectivity index (χ2v) is 7.50. The van der Waals surface area contributed by atoms with E-state index >= 15 is 0 Å². The Morgan fingerprint density at radius 3 is 2.59 bits per heavy atom. The van der Waals surface area contributed by atoms with Gasteiger partial charge in [0.1, 0.15) is 11.5 Å². The molecule has 0 bridgehead atoms. The molecule has 0 aliphatic carbocycles. The monoisotopic (exact) mass is 393 g/mol. The van der Waals surface area contributed by atoms with E-state index in [9.17, 15) is 9.18 Å². The van der Waals surface area contributed by atoms with Gasteiger partial charge in [0.25, 0.3) is 5.91 Å². The lowest BCUT2D eigenvalue weighted by atomic mass is 10.1. The quantitative estimate of drug-likeness (QED) is 0.652. The highest BCUT2D eigenvalue weighted by Crippen LogP contribution is 2.26. The molecule has 3 aromatic rings. The van der Waals surface area contributed by atoms with Gasteiger partial charge in [-0.15, -0.1) is 0 Å². The lowest BCUT2D eigenvalue weighted by Gasteiger charge is -2.20. The van der Waals surface area contributed by atoms with E-state index in [0.717, 1.165) is 30.6 Å². The minimum Gasteiger partial charge on any atom is -0.376 e. The van der Waals surface area contributed by atoms with Gasteiger partial charge < -0.3 is 9.64 Å². The highest BCUT2D eigenvalue weighted by atomic mass is 19.1. The molecule has 1 aromatic heterocycles. The Labute approximate surface area is 169 Å².